The summed E-state index contributed by atoms with van der Waals surface area (Å²) in [5.41, 5.74) is 1.86. The van der Waals surface area contributed by atoms with Gasteiger partial charge in [-0.2, -0.15) is 0 Å². The first kappa shape index (κ1) is 17.8. The molecule has 2 aromatic rings. The summed E-state index contributed by atoms with van der Waals surface area (Å²) in [5.74, 6) is 1.14. The van der Waals surface area contributed by atoms with Crippen LogP contribution in [0.2, 0.25) is 5.02 Å². The second-order valence-electron chi connectivity index (χ2n) is 6.59. The van der Waals surface area contributed by atoms with Gasteiger partial charge in [-0.3, -0.25) is 4.79 Å². The van der Waals surface area contributed by atoms with Gasteiger partial charge in [-0.1, -0.05) is 38.4 Å². The third-order valence-electron chi connectivity index (χ3n) is 4.48. The molecule has 3 rings (SSSR count). The molecule has 1 aromatic heterocycles. The summed E-state index contributed by atoms with van der Waals surface area (Å²) in [6.45, 7) is 8.91. The number of rotatable bonds is 4. The molecule has 0 bridgehead atoms. The van der Waals surface area contributed by atoms with Gasteiger partial charge in [-0.25, -0.2) is 4.98 Å². The molecule has 0 spiro atoms. The zero-order valence-corrected chi connectivity index (χ0v) is 15.7. The van der Waals surface area contributed by atoms with Gasteiger partial charge in [0.15, 0.2) is 5.89 Å². The van der Waals surface area contributed by atoms with Gasteiger partial charge < -0.3 is 14.2 Å². The van der Waals surface area contributed by atoms with Gasteiger partial charge in [0, 0.05) is 43.3 Å². The van der Waals surface area contributed by atoms with E-state index in [0.29, 0.717) is 31.2 Å². The first-order valence-electron chi connectivity index (χ1n) is 8.79. The molecule has 1 aliphatic heterocycles. The summed E-state index contributed by atoms with van der Waals surface area (Å²) < 4.78 is 5.73. The van der Waals surface area contributed by atoms with E-state index in [-0.39, 0.29) is 11.8 Å². The Morgan fingerprint density at radius 1 is 1.28 bits per heavy atom. The number of amides is 1. The van der Waals surface area contributed by atoms with Crippen LogP contribution in [0.1, 0.15) is 48.8 Å². The zero-order chi connectivity index (χ0) is 18.0. The lowest BCUT2D eigenvalue weighted by Crippen LogP contribution is -2.48. The molecule has 1 aliphatic rings. The van der Waals surface area contributed by atoms with Crippen LogP contribution >= 0.6 is 11.6 Å². The monoisotopic (exact) mass is 361 g/mol. The summed E-state index contributed by atoms with van der Waals surface area (Å²) >= 11 is 6.08. The molecule has 134 valence electrons. The lowest BCUT2D eigenvalue weighted by Gasteiger charge is -2.35. The van der Waals surface area contributed by atoms with Crippen LogP contribution in [0.25, 0.3) is 0 Å². The van der Waals surface area contributed by atoms with Crippen LogP contribution < -0.4 is 4.90 Å². The summed E-state index contributed by atoms with van der Waals surface area (Å²) in [6, 6.07) is 7.82. The highest BCUT2D eigenvalue weighted by Crippen LogP contribution is 2.24. The predicted octanol–water partition coefficient (Wildman–Crippen LogP) is 3.98. The maximum atomic E-state index is 12.9. The highest BCUT2D eigenvalue weighted by molar-refractivity contribution is 6.30. The smallest absolute Gasteiger partial charge is 0.291 e. The molecule has 6 heteroatoms. The lowest BCUT2D eigenvalue weighted by molar-refractivity contribution is 0.0711. The SMILES string of the molecule is CCc1nc(C(C)C)c(C(=O)N2CCN(c3cccc(Cl)c3)CC2)o1. The number of carbonyl (C=O) groups is 1. The zero-order valence-electron chi connectivity index (χ0n) is 15.0. The number of aryl methyl sites for hydroxylation is 1. The standard InChI is InChI=1S/C19H24ClN3O2/c1-4-16-21-17(13(2)3)18(25-16)19(24)23-10-8-22(9-11-23)15-7-5-6-14(20)12-15/h5-7,12-13H,4,8-11H2,1-3H3. The number of nitrogens with zero attached hydrogens (tertiary/aromatic N) is 3. The summed E-state index contributed by atoms with van der Waals surface area (Å²) in [6.07, 6.45) is 0.690. The fraction of sp³-hybridized carbons (Fsp3) is 0.474. The molecule has 2 heterocycles. The Kier molecular flexibility index (Phi) is 5.33. The van der Waals surface area contributed by atoms with E-state index in [0.717, 1.165) is 29.5 Å². The van der Waals surface area contributed by atoms with Crippen LogP contribution in [-0.2, 0) is 6.42 Å². The summed E-state index contributed by atoms with van der Waals surface area (Å²) in [7, 11) is 0. The molecule has 5 nitrogen and oxygen atoms in total. The van der Waals surface area contributed by atoms with Gasteiger partial charge in [0.1, 0.15) is 0 Å². The Morgan fingerprint density at radius 2 is 2.00 bits per heavy atom. The van der Waals surface area contributed by atoms with Crippen LogP contribution in [0.15, 0.2) is 28.7 Å². The molecular weight excluding hydrogens is 338 g/mol. The van der Waals surface area contributed by atoms with E-state index in [1.807, 2.05) is 49.9 Å². The average Bonchev–Trinajstić information content (AvgIpc) is 3.06. The third kappa shape index (κ3) is 3.82. The number of benzene rings is 1. The number of aromatic nitrogens is 1. The number of hydrogen-bond donors (Lipinski definition) is 0. The van der Waals surface area contributed by atoms with E-state index >= 15 is 0 Å². The largest absolute Gasteiger partial charge is 0.435 e. The number of hydrogen-bond acceptors (Lipinski definition) is 4. The molecule has 1 amide bonds. The van der Waals surface area contributed by atoms with Crippen molar-refractivity contribution < 1.29 is 9.21 Å². The van der Waals surface area contributed by atoms with Crippen molar-refractivity contribution in [3.63, 3.8) is 0 Å². The summed E-state index contributed by atoms with van der Waals surface area (Å²) in [5, 5.41) is 0.728. The van der Waals surface area contributed by atoms with Crippen molar-refractivity contribution in [3.05, 3.63) is 46.6 Å². The van der Waals surface area contributed by atoms with E-state index in [4.69, 9.17) is 16.0 Å². The third-order valence-corrected chi connectivity index (χ3v) is 4.72. The Hall–Kier alpha value is -2.01. The maximum Gasteiger partial charge on any atom is 0.291 e. The number of halogens is 1. The van der Waals surface area contributed by atoms with Crippen LogP contribution in [0.4, 0.5) is 5.69 Å². The predicted molar refractivity (Wildman–Crippen MR) is 99.5 cm³/mol. The average molecular weight is 362 g/mol. The fourth-order valence-electron chi connectivity index (χ4n) is 3.06. The van der Waals surface area contributed by atoms with E-state index in [9.17, 15) is 4.79 Å². The normalized spacial score (nSPS) is 15.1. The Morgan fingerprint density at radius 3 is 2.60 bits per heavy atom. The summed E-state index contributed by atoms with van der Waals surface area (Å²) in [4.78, 5) is 21.5. The Bertz CT molecular complexity index is 749. The van der Waals surface area contributed by atoms with Crippen LogP contribution in [0.5, 0.6) is 0 Å². The van der Waals surface area contributed by atoms with Crippen LogP contribution in [0, 0.1) is 0 Å². The van der Waals surface area contributed by atoms with E-state index in [1.54, 1.807) is 0 Å². The van der Waals surface area contributed by atoms with Gasteiger partial charge >= 0.3 is 0 Å². The maximum absolute atomic E-state index is 12.9. The van der Waals surface area contributed by atoms with Gasteiger partial charge in [0.2, 0.25) is 5.76 Å². The molecule has 0 radical (unpaired) electrons. The number of carbonyl (C=O) groups excluding carboxylic acids is 1. The van der Waals surface area contributed by atoms with Crippen molar-refractivity contribution in [2.75, 3.05) is 31.1 Å². The second-order valence-corrected chi connectivity index (χ2v) is 7.03. The first-order valence-corrected chi connectivity index (χ1v) is 9.16. The minimum Gasteiger partial charge on any atom is -0.435 e. The molecule has 1 aromatic carbocycles. The molecule has 1 fully saturated rings. The highest BCUT2D eigenvalue weighted by Gasteiger charge is 2.28. The molecule has 0 unspecified atom stereocenters. The number of anilines is 1. The Labute approximate surface area is 153 Å². The van der Waals surface area contributed by atoms with E-state index in [2.05, 4.69) is 9.88 Å². The molecule has 0 N–H and O–H groups in total. The van der Waals surface area contributed by atoms with Gasteiger partial charge in [0.25, 0.3) is 5.91 Å². The molecule has 0 atom stereocenters. The highest BCUT2D eigenvalue weighted by atomic mass is 35.5. The van der Waals surface area contributed by atoms with E-state index < -0.39 is 0 Å². The number of oxazole rings is 1. The van der Waals surface area contributed by atoms with Crippen molar-refractivity contribution >= 4 is 23.2 Å². The number of piperazine rings is 1. The minimum absolute atomic E-state index is 0.0540. The lowest BCUT2D eigenvalue weighted by atomic mass is 10.1. The van der Waals surface area contributed by atoms with Gasteiger partial charge in [-0.05, 0) is 24.1 Å². The molecule has 1 saturated heterocycles. The minimum atomic E-state index is -0.0540. The van der Waals surface area contributed by atoms with E-state index in [1.165, 1.54) is 0 Å². The topological polar surface area (TPSA) is 49.6 Å². The first-order chi connectivity index (χ1) is 12.0. The van der Waals surface area contributed by atoms with Crippen LogP contribution in [-0.4, -0.2) is 42.0 Å². The molecular formula is C19H24ClN3O2. The van der Waals surface area contributed by atoms with Crippen molar-refractivity contribution in [2.24, 2.45) is 0 Å². The van der Waals surface area contributed by atoms with Gasteiger partial charge in [0.05, 0.1) is 5.69 Å². The molecule has 25 heavy (non-hydrogen) atoms. The van der Waals surface area contributed by atoms with Crippen LogP contribution in [0.3, 0.4) is 0 Å². The van der Waals surface area contributed by atoms with Crippen molar-refractivity contribution in [1.82, 2.24) is 9.88 Å². The molecule has 0 aliphatic carbocycles. The quantitative estimate of drug-likeness (QED) is 0.826. The van der Waals surface area contributed by atoms with Crippen molar-refractivity contribution in [2.45, 2.75) is 33.1 Å². The fourth-order valence-corrected chi connectivity index (χ4v) is 3.24. The van der Waals surface area contributed by atoms with Crippen molar-refractivity contribution in [1.29, 1.82) is 0 Å². The van der Waals surface area contributed by atoms with Gasteiger partial charge in [-0.15, -0.1) is 0 Å². The van der Waals surface area contributed by atoms with Crippen molar-refractivity contribution in [3.8, 4) is 0 Å². The Balaban J connectivity index is 1.71. The second kappa shape index (κ2) is 7.48. The molecule has 0 saturated carbocycles.